The molecule has 2 unspecified atom stereocenters. The van der Waals surface area contributed by atoms with Crippen molar-refractivity contribution in [2.24, 2.45) is 9.98 Å². The van der Waals surface area contributed by atoms with Gasteiger partial charge in [0.1, 0.15) is 18.3 Å². The zero-order valence-corrected chi connectivity index (χ0v) is 26.7. The Balaban J connectivity index is 1.19. The molecule has 2 atom stereocenters. The van der Waals surface area contributed by atoms with Gasteiger partial charge in [-0.3, -0.25) is 14.7 Å². The molecule has 2 aliphatic rings. The number of hydrogen-bond donors (Lipinski definition) is 2. The van der Waals surface area contributed by atoms with Crippen molar-refractivity contribution in [3.05, 3.63) is 89.0 Å². The number of halogens is 3. The number of nitrogens with zero attached hydrogens (tertiary/aromatic N) is 4. The van der Waals surface area contributed by atoms with Crippen LogP contribution < -0.4 is 25.4 Å². The summed E-state index contributed by atoms with van der Waals surface area (Å²) < 4.78 is 41.3. The smallest absolute Gasteiger partial charge is 0.406 e. The van der Waals surface area contributed by atoms with Crippen molar-refractivity contribution in [3.63, 3.8) is 0 Å². The van der Waals surface area contributed by atoms with Crippen LogP contribution >= 0.6 is 11.8 Å². The third-order valence-electron chi connectivity index (χ3n) is 7.74. The van der Waals surface area contributed by atoms with Crippen LogP contribution in [0.5, 0.6) is 5.75 Å². The van der Waals surface area contributed by atoms with Gasteiger partial charge in [-0.05, 0) is 71.8 Å². The van der Waals surface area contributed by atoms with Crippen molar-refractivity contribution >= 4 is 46.6 Å². The molecule has 1 saturated heterocycles. The van der Waals surface area contributed by atoms with E-state index in [9.17, 15) is 22.8 Å². The van der Waals surface area contributed by atoms with Crippen molar-refractivity contribution < 1.29 is 27.5 Å². The lowest BCUT2D eigenvalue weighted by Gasteiger charge is -2.23. The SMILES string of the molecule is CCC(CNC(=O)N=C1SCC(=O)N1c1cccc(C)c1C(C)C)c1ccc(C2N=CN(c3ccc(OC(F)(F)F)cc3)N2)cc1. The molecule has 3 amide bonds. The van der Waals surface area contributed by atoms with Gasteiger partial charge in [0.05, 0.1) is 17.1 Å². The Kier molecular flexibility index (Phi) is 10.0. The van der Waals surface area contributed by atoms with Crippen LogP contribution in [-0.2, 0) is 4.79 Å². The molecule has 1 fully saturated rings. The summed E-state index contributed by atoms with van der Waals surface area (Å²) in [6, 6.07) is 18.7. The van der Waals surface area contributed by atoms with E-state index in [4.69, 9.17) is 0 Å². The van der Waals surface area contributed by atoms with Gasteiger partial charge in [0, 0.05) is 12.5 Å². The first-order valence-corrected chi connectivity index (χ1v) is 15.9. The van der Waals surface area contributed by atoms with E-state index in [-0.39, 0.29) is 35.4 Å². The molecule has 46 heavy (non-hydrogen) atoms. The van der Waals surface area contributed by atoms with E-state index < -0.39 is 12.4 Å². The van der Waals surface area contributed by atoms with E-state index in [1.165, 1.54) is 36.0 Å². The van der Waals surface area contributed by atoms with E-state index in [1.807, 2.05) is 56.3 Å². The quantitative estimate of drug-likeness (QED) is 0.250. The molecule has 2 heterocycles. The minimum absolute atomic E-state index is 0.0328. The summed E-state index contributed by atoms with van der Waals surface area (Å²) in [6.45, 7) is 8.58. The average Bonchev–Trinajstić information content (AvgIpc) is 3.64. The molecule has 0 radical (unpaired) electrons. The monoisotopic (exact) mass is 652 g/mol. The van der Waals surface area contributed by atoms with E-state index in [0.717, 1.165) is 34.4 Å². The van der Waals surface area contributed by atoms with Crippen molar-refractivity contribution in [2.45, 2.75) is 58.5 Å². The van der Waals surface area contributed by atoms with Crippen LogP contribution in [0.3, 0.4) is 0 Å². The summed E-state index contributed by atoms with van der Waals surface area (Å²) in [5.41, 5.74) is 8.64. The fourth-order valence-corrected chi connectivity index (χ4v) is 6.38. The van der Waals surface area contributed by atoms with Gasteiger partial charge in [0.15, 0.2) is 5.17 Å². The Morgan fingerprint density at radius 3 is 2.50 bits per heavy atom. The zero-order valence-electron chi connectivity index (χ0n) is 25.8. The van der Waals surface area contributed by atoms with E-state index >= 15 is 0 Å². The fourth-order valence-electron chi connectivity index (χ4n) is 5.52. The number of ether oxygens (including phenoxy) is 1. The molecule has 5 rings (SSSR count). The maximum absolute atomic E-state index is 12.9. The summed E-state index contributed by atoms with van der Waals surface area (Å²) in [6.07, 6.45) is -2.78. The molecule has 0 aromatic heterocycles. The molecular weight excluding hydrogens is 617 g/mol. The lowest BCUT2D eigenvalue weighted by molar-refractivity contribution is -0.274. The molecule has 0 spiro atoms. The van der Waals surface area contributed by atoms with Crippen LogP contribution in [0, 0.1) is 6.92 Å². The van der Waals surface area contributed by atoms with Gasteiger partial charge >= 0.3 is 12.4 Å². The largest absolute Gasteiger partial charge is 0.573 e. The lowest BCUT2D eigenvalue weighted by atomic mass is 9.95. The Hall–Kier alpha value is -4.36. The number of amidine groups is 1. The van der Waals surface area contributed by atoms with E-state index in [1.54, 1.807) is 16.2 Å². The van der Waals surface area contributed by atoms with E-state index in [2.05, 4.69) is 39.3 Å². The van der Waals surface area contributed by atoms with Crippen LogP contribution in [0.4, 0.5) is 29.3 Å². The second-order valence-electron chi connectivity index (χ2n) is 11.2. The number of carbonyl (C=O) groups excluding carboxylic acids is 2. The number of nitrogens with one attached hydrogen (secondary N) is 2. The summed E-state index contributed by atoms with van der Waals surface area (Å²) in [7, 11) is 0. The Morgan fingerprint density at radius 1 is 1.13 bits per heavy atom. The number of alkyl halides is 3. The minimum atomic E-state index is -4.75. The highest BCUT2D eigenvalue weighted by molar-refractivity contribution is 8.15. The molecule has 2 N–H and O–H groups in total. The van der Waals surface area contributed by atoms with Crippen LogP contribution in [0.25, 0.3) is 0 Å². The average molecular weight is 653 g/mol. The normalized spacial score (nSPS) is 18.1. The lowest BCUT2D eigenvalue weighted by Crippen LogP contribution is -2.33. The third-order valence-corrected chi connectivity index (χ3v) is 8.66. The van der Waals surface area contributed by atoms with Crippen molar-refractivity contribution in [1.29, 1.82) is 0 Å². The maximum atomic E-state index is 12.9. The number of hydrogen-bond acceptors (Lipinski definition) is 7. The Labute approximate surface area is 269 Å². The number of urea groups is 1. The van der Waals surface area contributed by atoms with Crippen molar-refractivity contribution in [3.8, 4) is 5.75 Å². The highest BCUT2D eigenvalue weighted by atomic mass is 32.2. The van der Waals surface area contributed by atoms with E-state index in [0.29, 0.717) is 17.4 Å². The first-order chi connectivity index (χ1) is 21.9. The number of aliphatic imine (C=N–C) groups is 2. The number of rotatable bonds is 9. The summed E-state index contributed by atoms with van der Waals surface area (Å²) in [5, 5.41) is 4.91. The van der Waals surface area contributed by atoms with Crippen molar-refractivity contribution in [1.82, 2.24) is 10.7 Å². The fraction of sp³-hybridized carbons (Fsp3) is 0.333. The van der Waals surface area contributed by atoms with Gasteiger partial charge in [-0.25, -0.2) is 9.79 Å². The third kappa shape index (κ3) is 7.71. The highest BCUT2D eigenvalue weighted by Crippen LogP contribution is 2.35. The molecule has 0 bridgehead atoms. The predicted octanol–water partition coefficient (Wildman–Crippen LogP) is 7.41. The van der Waals surface area contributed by atoms with Crippen LogP contribution in [0.2, 0.25) is 0 Å². The minimum Gasteiger partial charge on any atom is -0.406 e. The molecular formula is C33H35F3N6O3S. The van der Waals surface area contributed by atoms with Gasteiger partial charge in [-0.1, -0.05) is 68.9 Å². The molecule has 242 valence electrons. The van der Waals surface area contributed by atoms with Gasteiger partial charge in [0.2, 0.25) is 5.91 Å². The zero-order chi connectivity index (χ0) is 33.0. The number of carbonyl (C=O) groups is 2. The van der Waals surface area contributed by atoms with Crippen LogP contribution in [0.15, 0.2) is 76.7 Å². The van der Waals surface area contributed by atoms with Crippen LogP contribution in [-0.4, -0.2) is 42.1 Å². The number of thioether (sulfide) groups is 1. The molecule has 13 heteroatoms. The predicted molar refractivity (Wildman–Crippen MR) is 175 cm³/mol. The standard InChI is InChI=1S/C33H35F3N6O3S/c1-5-22(17-37-31(44)39-32-42(28(43)18-46-32)27-8-6-7-21(4)29(27)20(2)3)23-9-11-24(12-10-23)30-38-19-41(40-30)25-13-15-26(16-14-25)45-33(34,35)36/h6-16,19-20,22,30,40H,5,17-18H2,1-4H3,(H,37,44). The number of hydrazine groups is 1. The Morgan fingerprint density at radius 2 is 1.85 bits per heavy atom. The number of anilines is 2. The summed E-state index contributed by atoms with van der Waals surface area (Å²) in [5.74, 6) is 0.0471. The number of amides is 3. The molecule has 0 aliphatic carbocycles. The highest BCUT2D eigenvalue weighted by Gasteiger charge is 2.33. The molecule has 0 saturated carbocycles. The summed E-state index contributed by atoms with van der Waals surface area (Å²) >= 11 is 1.26. The van der Waals surface area contributed by atoms with Gasteiger partial charge in [-0.2, -0.15) is 10.4 Å². The summed E-state index contributed by atoms with van der Waals surface area (Å²) in [4.78, 5) is 36.1. The van der Waals surface area contributed by atoms with Gasteiger partial charge in [-0.15, -0.1) is 13.2 Å². The second-order valence-corrected chi connectivity index (χ2v) is 12.2. The first-order valence-electron chi connectivity index (χ1n) is 14.9. The van der Waals surface area contributed by atoms with Gasteiger partial charge < -0.3 is 10.1 Å². The molecule has 2 aliphatic heterocycles. The van der Waals surface area contributed by atoms with Gasteiger partial charge in [0.25, 0.3) is 0 Å². The maximum Gasteiger partial charge on any atom is 0.573 e. The van der Waals surface area contributed by atoms with Crippen LogP contribution in [0.1, 0.15) is 67.4 Å². The molecule has 3 aromatic rings. The van der Waals surface area contributed by atoms with Crippen molar-refractivity contribution in [2.75, 3.05) is 22.2 Å². The number of benzene rings is 3. The number of aryl methyl sites for hydroxylation is 1. The second kappa shape index (κ2) is 14.0. The molecule has 9 nitrogen and oxygen atoms in total. The topological polar surface area (TPSA) is 98.6 Å². The Bertz CT molecular complexity index is 1630. The first kappa shape index (κ1) is 33.0. The molecule has 3 aromatic carbocycles.